The maximum atomic E-state index is 6.05. The van der Waals surface area contributed by atoms with Gasteiger partial charge in [0.1, 0.15) is 0 Å². The number of fused-ring (bicyclic) bond motifs is 7. The summed E-state index contributed by atoms with van der Waals surface area (Å²) in [6, 6.07) is 0. The van der Waals surface area contributed by atoms with Crippen molar-refractivity contribution < 1.29 is 4.74 Å². The number of allylic oxidation sites excluding steroid dienone is 2. The molecule has 0 aliphatic heterocycles. The predicted octanol–water partition coefficient (Wildman–Crippen LogP) is 8.82. The molecule has 0 unspecified atom stereocenters. The van der Waals surface area contributed by atoms with Gasteiger partial charge < -0.3 is 4.74 Å². The average Bonchev–Trinajstić information content (AvgIpc) is 2.69. The monoisotopic (exact) mass is 440 g/mol. The second kappa shape index (κ2) is 6.89. The van der Waals surface area contributed by atoms with Crippen LogP contribution in [0.3, 0.4) is 0 Å². The first-order valence-electron chi connectivity index (χ1n) is 14.0. The van der Waals surface area contributed by atoms with Crippen molar-refractivity contribution in [2.75, 3.05) is 7.11 Å². The normalized spacial score (nSPS) is 53.8. The van der Waals surface area contributed by atoms with Gasteiger partial charge in [-0.1, -0.05) is 67.0 Å². The third kappa shape index (κ3) is 2.85. The molecule has 0 radical (unpaired) electrons. The molecule has 0 heterocycles. The van der Waals surface area contributed by atoms with Gasteiger partial charge in [-0.05, 0) is 114 Å². The second-order valence-corrected chi connectivity index (χ2v) is 15.5. The lowest BCUT2D eigenvalue weighted by Gasteiger charge is -2.71. The molecule has 1 nitrogen and oxygen atoms in total. The summed E-state index contributed by atoms with van der Waals surface area (Å²) < 4.78 is 6.05. The lowest BCUT2D eigenvalue weighted by molar-refractivity contribution is -0.207. The third-order valence-corrected chi connectivity index (χ3v) is 13.3. The molecule has 8 atom stereocenters. The number of ether oxygens (including phenoxy) is 1. The van der Waals surface area contributed by atoms with Crippen LogP contribution in [0.5, 0.6) is 0 Å². The quantitative estimate of drug-likeness (QED) is 0.370. The van der Waals surface area contributed by atoms with Crippen molar-refractivity contribution in [2.45, 2.75) is 126 Å². The molecule has 182 valence electrons. The van der Waals surface area contributed by atoms with E-state index < -0.39 is 0 Å². The van der Waals surface area contributed by atoms with Crippen molar-refractivity contribution >= 4 is 0 Å². The van der Waals surface area contributed by atoms with E-state index >= 15 is 0 Å². The van der Waals surface area contributed by atoms with Crippen molar-refractivity contribution in [3.8, 4) is 0 Å². The molecule has 1 heteroatoms. The topological polar surface area (TPSA) is 9.23 Å². The van der Waals surface area contributed by atoms with E-state index in [4.69, 9.17) is 4.74 Å². The second-order valence-electron chi connectivity index (χ2n) is 15.5. The Kier molecular flexibility index (Phi) is 5.05. The zero-order chi connectivity index (χ0) is 23.4. The largest absolute Gasteiger partial charge is 0.381 e. The maximum Gasteiger partial charge on any atom is 0.0625 e. The molecule has 4 saturated carbocycles. The van der Waals surface area contributed by atoms with Crippen LogP contribution < -0.4 is 0 Å². The molecule has 5 rings (SSSR count). The van der Waals surface area contributed by atoms with Crippen molar-refractivity contribution in [2.24, 2.45) is 50.2 Å². The highest BCUT2D eigenvalue weighted by Gasteiger charge is 2.67. The van der Waals surface area contributed by atoms with Crippen LogP contribution >= 0.6 is 0 Å². The lowest BCUT2D eigenvalue weighted by atomic mass is 9.33. The van der Waals surface area contributed by atoms with Crippen LogP contribution in [0.1, 0.15) is 120 Å². The van der Waals surface area contributed by atoms with E-state index in [0.717, 1.165) is 17.8 Å². The van der Waals surface area contributed by atoms with E-state index in [0.29, 0.717) is 33.2 Å². The Bertz CT molecular complexity index is 805. The fraction of sp³-hybridized carbons (Fsp3) is 0.935. The van der Waals surface area contributed by atoms with Gasteiger partial charge in [-0.3, -0.25) is 0 Å². The van der Waals surface area contributed by atoms with E-state index in [-0.39, 0.29) is 5.41 Å². The fourth-order valence-electron chi connectivity index (χ4n) is 10.9. The number of rotatable bonds is 1. The Hall–Kier alpha value is -0.300. The average molecular weight is 441 g/mol. The molecule has 0 aromatic carbocycles. The maximum absolute atomic E-state index is 6.05. The van der Waals surface area contributed by atoms with E-state index in [9.17, 15) is 0 Å². The molecule has 0 bridgehead atoms. The number of hydrogen-bond donors (Lipinski definition) is 0. The number of hydrogen-bond acceptors (Lipinski definition) is 1. The van der Waals surface area contributed by atoms with E-state index in [1.54, 1.807) is 0 Å². The Morgan fingerprint density at radius 1 is 0.781 bits per heavy atom. The van der Waals surface area contributed by atoms with Crippen molar-refractivity contribution in [1.82, 2.24) is 0 Å². The molecule has 0 N–H and O–H groups in total. The molecular formula is C31H52O. The Morgan fingerprint density at radius 3 is 2.16 bits per heavy atom. The smallest absolute Gasteiger partial charge is 0.0625 e. The summed E-state index contributed by atoms with van der Waals surface area (Å²) in [6.45, 7) is 20.9. The van der Waals surface area contributed by atoms with Gasteiger partial charge in [0, 0.05) is 7.11 Å². The molecule has 0 aromatic heterocycles. The van der Waals surface area contributed by atoms with Crippen LogP contribution in [0.2, 0.25) is 0 Å². The molecule has 0 aromatic rings. The van der Waals surface area contributed by atoms with Crippen molar-refractivity contribution in [3.05, 3.63) is 11.6 Å². The van der Waals surface area contributed by atoms with Gasteiger partial charge in [0.05, 0.1) is 6.10 Å². The first-order chi connectivity index (χ1) is 14.7. The summed E-state index contributed by atoms with van der Waals surface area (Å²) in [7, 11) is 1.95. The highest BCUT2D eigenvalue weighted by molar-refractivity contribution is 5.33. The zero-order valence-electron chi connectivity index (χ0n) is 22.9. The molecular weight excluding hydrogens is 388 g/mol. The summed E-state index contributed by atoms with van der Waals surface area (Å²) in [4.78, 5) is 0. The lowest BCUT2D eigenvalue weighted by Crippen LogP contribution is -2.64. The van der Waals surface area contributed by atoms with Crippen LogP contribution in [0, 0.1) is 50.2 Å². The van der Waals surface area contributed by atoms with Gasteiger partial charge >= 0.3 is 0 Å². The molecule has 4 fully saturated rings. The Morgan fingerprint density at radius 2 is 1.47 bits per heavy atom. The third-order valence-electron chi connectivity index (χ3n) is 13.3. The minimum absolute atomic E-state index is 0.284. The standard InChI is InChI=1S/C31H52O/c1-26(2)16-17-28(5)18-19-30(7)21(22(28)20-26)10-11-24-29(6)14-13-25(32-9)27(3,4)23(29)12-15-31(24,30)8/h10,22-25H,11-20H2,1-9H3/t22-,23+,24-,25-,28+,29-,30+,31+/m0/s1. The van der Waals surface area contributed by atoms with Gasteiger partial charge in [-0.2, -0.15) is 0 Å². The molecule has 0 spiro atoms. The molecule has 0 amide bonds. The van der Waals surface area contributed by atoms with Crippen LogP contribution in [0.4, 0.5) is 0 Å². The molecule has 5 aliphatic carbocycles. The van der Waals surface area contributed by atoms with Gasteiger partial charge in [0.2, 0.25) is 0 Å². The summed E-state index contributed by atoms with van der Waals surface area (Å²) >= 11 is 0. The van der Waals surface area contributed by atoms with Gasteiger partial charge in [-0.25, -0.2) is 0 Å². The van der Waals surface area contributed by atoms with Gasteiger partial charge in [-0.15, -0.1) is 0 Å². The summed E-state index contributed by atoms with van der Waals surface area (Å²) in [5.74, 6) is 2.42. The zero-order valence-corrected chi connectivity index (χ0v) is 22.9. The van der Waals surface area contributed by atoms with Gasteiger partial charge in [0.25, 0.3) is 0 Å². The Balaban J connectivity index is 1.56. The Labute approximate surface area is 199 Å². The highest BCUT2D eigenvalue weighted by atomic mass is 16.5. The minimum Gasteiger partial charge on any atom is -0.381 e. The van der Waals surface area contributed by atoms with Crippen molar-refractivity contribution in [3.63, 3.8) is 0 Å². The fourth-order valence-corrected chi connectivity index (χ4v) is 10.9. The van der Waals surface area contributed by atoms with Crippen LogP contribution in [0.15, 0.2) is 11.6 Å². The van der Waals surface area contributed by atoms with Crippen LogP contribution in [-0.4, -0.2) is 13.2 Å². The number of methoxy groups -OCH3 is 1. The van der Waals surface area contributed by atoms with Crippen molar-refractivity contribution in [1.29, 1.82) is 0 Å². The summed E-state index contributed by atoms with van der Waals surface area (Å²) in [5, 5.41) is 0. The summed E-state index contributed by atoms with van der Waals surface area (Å²) in [6.07, 6.45) is 17.1. The molecule has 5 aliphatic rings. The molecule has 32 heavy (non-hydrogen) atoms. The van der Waals surface area contributed by atoms with E-state index in [2.05, 4.69) is 61.5 Å². The summed E-state index contributed by atoms with van der Waals surface area (Å²) in [5.41, 5.74) is 4.53. The van der Waals surface area contributed by atoms with Gasteiger partial charge in [0.15, 0.2) is 0 Å². The van der Waals surface area contributed by atoms with E-state index in [1.807, 2.05) is 12.7 Å². The van der Waals surface area contributed by atoms with E-state index in [1.165, 1.54) is 64.2 Å². The first-order valence-corrected chi connectivity index (χ1v) is 14.0. The predicted molar refractivity (Wildman–Crippen MR) is 136 cm³/mol. The highest BCUT2D eigenvalue weighted by Crippen LogP contribution is 2.75. The van der Waals surface area contributed by atoms with Crippen LogP contribution in [0.25, 0.3) is 0 Å². The minimum atomic E-state index is 0.284. The molecule has 0 saturated heterocycles. The first kappa shape index (κ1) is 23.4. The SMILES string of the molecule is CO[C@H]1CC[C@@]2(C)[C@H](CC[C@]3(C)[C@H]2CC=C2[C@@H]4CC(C)(C)CC[C@]4(C)CC[C@]23C)C1(C)C. The van der Waals surface area contributed by atoms with Crippen LogP contribution in [-0.2, 0) is 4.74 Å².